The molecule has 0 aromatic heterocycles. The van der Waals surface area contributed by atoms with Crippen molar-refractivity contribution in [2.24, 2.45) is 0 Å². The maximum Gasteiger partial charge on any atom is 0.331 e. The summed E-state index contributed by atoms with van der Waals surface area (Å²) in [5.41, 5.74) is 0.148. The molecular weight excluding hydrogens is 361 g/mol. The Kier molecular flexibility index (Phi) is 4.10. The van der Waals surface area contributed by atoms with Gasteiger partial charge in [-0.25, -0.2) is 4.79 Å². The number of halogens is 1. The van der Waals surface area contributed by atoms with Crippen LogP contribution in [-0.4, -0.2) is 35.7 Å². The van der Waals surface area contributed by atoms with Gasteiger partial charge >= 0.3 is 5.97 Å². The molecule has 19 heavy (non-hydrogen) atoms. The molecule has 1 aromatic rings. The Morgan fingerprint density at radius 1 is 1.47 bits per heavy atom. The Morgan fingerprint density at radius 2 is 2.21 bits per heavy atom. The zero-order valence-electron chi connectivity index (χ0n) is 10.4. The van der Waals surface area contributed by atoms with E-state index in [2.05, 4.69) is 27.9 Å². The molecule has 0 saturated carbocycles. The highest BCUT2D eigenvalue weighted by atomic mass is 127. The van der Waals surface area contributed by atoms with Crippen LogP contribution in [0, 0.1) is 10.5 Å². The van der Waals surface area contributed by atoms with Crippen molar-refractivity contribution in [1.29, 1.82) is 0 Å². The maximum atomic E-state index is 12.2. The third-order valence-corrected chi connectivity index (χ3v) is 4.09. The van der Waals surface area contributed by atoms with E-state index in [0.29, 0.717) is 12.2 Å². The van der Waals surface area contributed by atoms with Gasteiger partial charge in [-0.15, -0.1) is 0 Å². The smallest absolute Gasteiger partial charge is 0.331 e. The summed E-state index contributed by atoms with van der Waals surface area (Å²) in [4.78, 5) is 23.6. The molecule has 1 aliphatic rings. The van der Waals surface area contributed by atoms with Gasteiger partial charge in [0.25, 0.3) is 5.91 Å². The van der Waals surface area contributed by atoms with Gasteiger partial charge < -0.3 is 15.2 Å². The first-order chi connectivity index (χ1) is 8.94. The zero-order chi connectivity index (χ0) is 14.0. The van der Waals surface area contributed by atoms with E-state index < -0.39 is 11.5 Å². The van der Waals surface area contributed by atoms with Crippen molar-refractivity contribution in [2.45, 2.75) is 18.9 Å². The van der Waals surface area contributed by atoms with Crippen molar-refractivity contribution in [1.82, 2.24) is 5.32 Å². The number of nitrogens with one attached hydrogen (secondary N) is 1. The second-order valence-corrected chi connectivity index (χ2v) is 5.79. The summed E-state index contributed by atoms with van der Waals surface area (Å²) >= 11 is 2.06. The average molecular weight is 375 g/mol. The van der Waals surface area contributed by atoms with Crippen LogP contribution in [0.4, 0.5) is 0 Å². The number of hydrogen-bond donors (Lipinski definition) is 2. The van der Waals surface area contributed by atoms with Gasteiger partial charge in [0.15, 0.2) is 5.54 Å². The van der Waals surface area contributed by atoms with Crippen LogP contribution in [0.25, 0.3) is 0 Å². The molecule has 1 heterocycles. The number of hydrogen-bond acceptors (Lipinski definition) is 3. The number of rotatable bonds is 3. The summed E-state index contributed by atoms with van der Waals surface area (Å²) < 4.78 is 5.91. The van der Waals surface area contributed by atoms with Crippen LogP contribution >= 0.6 is 22.6 Å². The second kappa shape index (κ2) is 5.46. The van der Waals surface area contributed by atoms with E-state index in [1.807, 2.05) is 19.1 Å². The molecular formula is C13H14INO4. The summed E-state index contributed by atoms with van der Waals surface area (Å²) in [7, 11) is 0. The van der Waals surface area contributed by atoms with E-state index in [1.165, 1.54) is 0 Å². The number of carbonyl (C=O) groups excluding carboxylic acids is 1. The van der Waals surface area contributed by atoms with Crippen molar-refractivity contribution in [3.8, 4) is 0 Å². The lowest BCUT2D eigenvalue weighted by atomic mass is 9.98. The molecule has 0 aliphatic carbocycles. The first kappa shape index (κ1) is 14.3. The van der Waals surface area contributed by atoms with Crippen LogP contribution in [0.15, 0.2) is 18.2 Å². The Balaban J connectivity index is 2.25. The lowest BCUT2D eigenvalue weighted by molar-refractivity contribution is -0.144. The van der Waals surface area contributed by atoms with Gasteiger partial charge in [0.1, 0.15) is 0 Å². The highest BCUT2D eigenvalue weighted by Gasteiger charge is 2.44. The molecule has 0 bridgehead atoms. The van der Waals surface area contributed by atoms with Gasteiger partial charge in [0, 0.05) is 16.6 Å². The number of benzene rings is 1. The predicted molar refractivity (Wildman–Crippen MR) is 77.2 cm³/mol. The summed E-state index contributed by atoms with van der Waals surface area (Å²) in [6.45, 7) is 2.24. The van der Waals surface area contributed by atoms with Crippen molar-refractivity contribution in [3.05, 3.63) is 32.9 Å². The minimum atomic E-state index is -1.30. The largest absolute Gasteiger partial charge is 0.479 e. The van der Waals surface area contributed by atoms with Crippen LogP contribution in [0.1, 0.15) is 22.3 Å². The van der Waals surface area contributed by atoms with Crippen LogP contribution < -0.4 is 5.32 Å². The van der Waals surface area contributed by atoms with Crippen LogP contribution in [0.2, 0.25) is 0 Å². The SMILES string of the molecule is Cc1ccc(I)c(C(=O)NC2(C(=O)O)CCOC2)c1. The number of ether oxygens (including phenoxy) is 1. The van der Waals surface area contributed by atoms with Gasteiger partial charge in [-0.05, 0) is 41.6 Å². The Hall–Kier alpha value is -1.15. The van der Waals surface area contributed by atoms with Gasteiger partial charge in [-0.1, -0.05) is 11.6 Å². The number of carboxylic acids is 1. The topological polar surface area (TPSA) is 75.6 Å². The second-order valence-electron chi connectivity index (χ2n) is 4.63. The summed E-state index contributed by atoms with van der Waals surface area (Å²) in [5.74, 6) is -1.43. The molecule has 6 heteroatoms. The summed E-state index contributed by atoms with van der Waals surface area (Å²) in [6, 6.07) is 5.50. The maximum absolute atomic E-state index is 12.2. The van der Waals surface area contributed by atoms with E-state index in [0.717, 1.165) is 9.13 Å². The van der Waals surface area contributed by atoms with Crippen LogP contribution in [0.5, 0.6) is 0 Å². The van der Waals surface area contributed by atoms with Crippen molar-refractivity contribution >= 4 is 34.5 Å². The molecule has 1 saturated heterocycles. The predicted octanol–water partition coefficient (Wildman–Crippen LogP) is 1.57. The van der Waals surface area contributed by atoms with Crippen molar-refractivity contribution < 1.29 is 19.4 Å². The number of amides is 1. The van der Waals surface area contributed by atoms with Gasteiger partial charge in [0.05, 0.1) is 12.2 Å². The molecule has 1 aromatic carbocycles. The number of carbonyl (C=O) groups is 2. The first-order valence-electron chi connectivity index (χ1n) is 5.84. The standard InChI is InChI=1S/C13H14INO4/c1-8-2-3-10(14)9(6-8)11(16)15-13(12(17)18)4-5-19-7-13/h2-3,6H,4-5,7H2,1H3,(H,15,16)(H,17,18). The normalized spacial score (nSPS) is 22.2. The van der Waals surface area contributed by atoms with Gasteiger partial charge in [-0.2, -0.15) is 0 Å². The fourth-order valence-electron chi connectivity index (χ4n) is 1.98. The highest BCUT2D eigenvalue weighted by Crippen LogP contribution is 2.21. The number of carboxylic acid groups (broad SMARTS) is 1. The van der Waals surface area contributed by atoms with Crippen LogP contribution in [0.3, 0.4) is 0 Å². The van der Waals surface area contributed by atoms with Crippen LogP contribution in [-0.2, 0) is 9.53 Å². The Labute approximate surface area is 124 Å². The molecule has 2 rings (SSSR count). The first-order valence-corrected chi connectivity index (χ1v) is 6.92. The van der Waals surface area contributed by atoms with E-state index in [-0.39, 0.29) is 18.9 Å². The molecule has 102 valence electrons. The fraction of sp³-hybridized carbons (Fsp3) is 0.385. The number of aryl methyl sites for hydroxylation is 1. The summed E-state index contributed by atoms with van der Waals surface area (Å²) in [6.07, 6.45) is 0.288. The molecule has 1 aliphatic heterocycles. The van der Waals surface area contributed by atoms with E-state index in [4.69, 9.17) is 4.74 Å². The highest BCUT2D eigenvalue weighted by molar-refractivity contribution is 14.1. The lowest BCUT2D eigenvalue weighted by Crippen LogP contribution is -2.55. The van der Waals surface area contributed by atoms with Crippen molar-refractivity contribution in [2.75, 3.05) is 13.2 Å². The Bertz CT molecular complexity index is 523. The minimum absolute atomic E-state index is 0.0104. The number of aliphatic carboxylic acids is 1. The van der Waals surface area contributed by atoms with Gasteiger partial charge in [-0.3, -0.25) is 4.79 Å². The van der Waals surface area contributed by atoms with E-state index in [1.54, 1.807) is 6.07 Å². The van der Waals surface area contributed by atoms with Gasteiger partial charge in [0.2, 0.25) is 0 Å². The Morgan fingerprint density at radius 3 is 2.79 bits per heavy atom. The van der Waals surface area contributed by atoms with Crippen molar-refractivity contribution in [3.63, 3.8) is 0 Å². The fourth-order valence-corrected chi connectivity index (χ4v) is 2.56. The third kappa shape index (κ3) is 2.89. The van der Waals surface area contributed by atoms with E-state index >= 15 is 0 Å². The molecule has 1 fully saturated rings. The zero-order valence-corrected chi connectivity index (χ0v) is 12.6. The third-order valence-electron chi connectivity index (χ3n) is 3.15. The molecule has 0 radical (unpaired) electrons. The average Bonchev–Trinajstić information content (AvgIpc) is 2.82. The molecule has 1 amide bonds. The quantitative estimate of drug-likeness (QED) is 0.787. The molecule has 1 atom stereocenters. The molecule has 5 nitrogen and oxygen atoms in total. The lowest BCUT2D eigenvalue weighted by Gasteiger charge is -2.24. The molecule has 1 unspecified atom stereocenters. The summed E-state index contributed by atoms with van der Waals surface area (Å²) in [5, 5.41) is 11.9. The molecule has 0 spiro atoms. The monoisotopic (exact) mass is 375 g/mol. The molecule has 2 N–H and O–H groups in total. The van der Waals surface area contributed by atoms with E-state index in [9.17, 15) is 14.7 Å². The minimum Gasteiger partial charge on any atom is -0.479 e.